The van der Waals surface area contributed by atoms with Crippen molar-refractivity contribution in [2.24, 2.45) is 0 Å². The number of fused-ring (bicyclic) bond motifs is 1. The number of amides is 1. The Hall–Kier alpha value is -3.02. The molecule has 1 amide bonds. The third-order valence-electron chi connectivity index (χ3n) is 5.45. The van der Waals surface area contributed by atoms with Crippen LogP contribution in [0.25, 0.3) is 11.0 Å². The Labute approximate surface area is 169 Å². The van der Waals surface area contributed by atoms with Gasteiger partial charge in [0.15, 0.2) is 0 Å². The van der Waals surface area contributed by atoms with Gasteiger partial charge in [-0.25, -0.2) is 4.39 Å². The van der Waals surface area contributed by atoms with E-state index in [-0.39, 0.29) is 17.7 Å². The SMILES string of the molecule is CNC(=O)c1c(OC(C)(C)c2ccc(F)cc2)oc2cc(N3CCCC3)ccc12. The normalized spacial score (nSPS) is 14.4. The molecule has 0 unspecified atom stereocenters. The average Bonchev–Trinajstić information content (AvgIpc) is 3.34. The van der Waals surface area contributed by atoms with Crippen LogP contribution < -0.4 is 15.0 Å². The molecule has 29 heavy (non-hydrogen) atoms. The molecule has 0 bridgehead atoms. The molecule has 2 heterocycles. The minimum Gasteiger partial charge on any atom is -0.454 e. The molecule has 4 rings (SSSR count). The minimum atomic E-state index is -0.817. The molecule has 1 fully saturated rings. The van der Waals surface area contributed by atoms with Crippen LogP contribution in [0.4, 0.5) is 10.1 Å². The summed E-state index contributed by atoms with van der Waals surface area (Å²) in [5.74, 6) is -0.427. The second kappa shape index (κ2) is 7.43. The van der Waals surface area contributed by atoms with Crippen molar-refractivity contribution in [3.05, 3.63) is 59.4 Å². The molecule has 1 N–H and O–H groups in total. The number of benzene rings is 2. The van der Waals surface area contributed by atoms with E-state index in [0.717, 1.165) is 24.3 Å². The lowest BCUT2D eigenvalue weighted by molar-refractivity contribution is 0.0736. The Balaban J connectivity index is 1.75. The summed E-state index contributed by atoms with van der Waals surface area (Å²) in [6.07, 6.45) is 2.36. The van der Waals surface area contributed by atoms with Crippen LogP contribution in [0.2, 0.25) is 0 Å². The number of hydrogen-bond acceptors (Lipinski definition) is 4. The number of furan rings is 1. The fourth-order valence-electron chi connectivity index (χ4n) is 3.79. The van der Waals surface area contributed by atoms with Crippen LogP contribution in [-0.2, 0) is 5.60 Å². The van der Waals surface area contributed by atoms with Crippen molar-refractivity contribution >= 4 is 22.6 Å². The first-order valence-electron chi connectivity index (χ1n) is 9.88. The molecule has 6 heteroatoms. The lowest BCUT2D eigenvalue weighted by Gasteiger charge is -2.25. The number of carbonyl (C=O) groups is 1. The van der Waals surface area contributed by atoms with Gasteiger partial charge in [-0.15, -0.1) is 0 Å². The van der Waals surface area contributed by atoms with Crippen LogP contribution in [-0.4, -0.2) is 26.0 Å². The molecule has 3 aromatic rings. The summed E-state index contributed by atoms with van der Waals surface area (Å²) in [5.41, 5.74) is 2.02. The highest BCUT2D eigenvalue weighted by atomic mass is 19.1. The molecule has 0 saturated carbocycles. The van der Waals surface area contributed by atoms with Gasteiger partial charge < -0.3 is 19.4 Å². The first-order chi connectivity index (χ1) is 13.9. The second-order valence-corrected chi connectivity index (χ2v) is 7.84. The highest BCUT2D eigenvalue weighted by Crippen LogP contribution is 2.38. The topological polar surface area (TPSA) is 54.7 Å². The van der Waals surface area contributed by atoms with Crippen molar-refractivity contribution in [3.63, 3.8) is 0 Å². The van der Waals surface area contributed by atoms with E-state index in [0.29, 0.717) is 16.5 Å². The lowest BCUT2D eigenvalue weighted by Crippen LogP contribution is -2.27. The number of halogens is 1. The third kappa shape index (κ3) is 3.67. The van der Waals surface area contributed by atoms with Gasteiger partial charge in [0.2, 0.25) is 0 Å². The van der Waals surface area contributed by atoms with Crippen molar-refractivity contribution in [2.45, 2.75) is 32.3 Å². The predicted molar refractivity (Wildman–Crippen MR) is 111 cm³/mol. The van der Waals surface area contributed by atoms with E-state index < -0.39 is 5.60 Å². The molecular weight excluding hydrogens is 371 g/mol. The minimum absolute atomic E-state index is 0.159. The highest BCUT2D eigenvalue weighted by Gasteiger charge is 2.30. The lowest BCUT2D eigenvalue weighted by atomic mass is 9.98. The summed E-state index contributed by atoms with van der Waals surface area (Å²) in [5, 5.41) is 3.37. The Morgan fingerprint density at radius 1 is 1.14 bits per heavy atom. The van der Waals surface area contributed by atoms with Crippen LogP contribution in [0, 0.1) is 5.82 Å². The maximum Gasteiger partial charge on any atom is 0.299 e. The van der Waals surface area contributed by atoms with E-state index in [4.69, 9.17) is 9.15 Å². The zero-order valence-electron chi connectivity index (χ0n) is 16.9. The van der Waals surface area contributed by atoms with Crippen molar-refractivity contribution in [1.82, 2.24) is 5.32 Å². The van der Waals surface area contributed by atoms with Crippen LogP contribution in [0.3, 0.4) is 0 Å². The van der Waals surface area contributed by atoms with E-state index in [1.165, 1.54) is 25.0 Å². The molecule has 0 aliphatic carbocycles. The number of hydrogen-bond donors (Lipinski definition) is 1. The Morgan fingerprint density at radius 2 is 1.83 bits per heavy atom. The average molecular weight is 396 g/mol. The first kappa shape index (κ1) is 19.3. The Kier molecular flexibility index (Phi) is 4.94. The Bertz CT molecular complexity index is 1030. The summed E-state index contributed by atoms with van der Waals surface area (Å²) < 4.78 is 25.5. The summed E-state index contributed by atoms with van der Waals surface area (Å²) in [6, 6.07) is 12.0. The molecular formula is C23H25FN2O3. The number of rotatable bonds is 5. The largest absolute Gasteiger partial charge is 0.454 e. The molecule has 0 spiro atoms. The van der Waals surface area contributed by atoms with Crippen molar-refractivity contribution < 1.29 is 18.3 Å². The summed E-state index contributed by atoms with van der Waals surface area (Å²) in [4.78, 5) is 14.9. The number of carbonyl (C=O) groups excluding carboxylic acids is 1. The smallest absolute Gasteiger partial charge is 0.299 e. The summed E-state index contributed by atoms with van der Waals surface area (Å²) >= 11 is 0. The molecule has 0 atom stereocenters. The van der Waals surface area contributed by atoms with Gasteiger partial charge in [-0.05, 0) is 56.5 Å². The van der Waals surface area contributed by atoms with Crippen molar-refractivity contribution in [2.75, 3.05) is 25.0 Å². The van der Waals surface area contributed by atoms with Crippen molar-refractivity contribution in [1.29, 1.82) is 0 Å². The van der Waals surface area contributed by atoms with E-state index in [1.54, 1.807) is 19.2 Å². The van der Waals surface area contributed by atoms with Gasteiger partial charge in [-0.2, -0.15) is 0 Å². The van der Waals surface area contributed by atoms with Gasteiger partial charge in [-0.1, -0.05) is 12.1 Å². The molecule has 2 aromatic carbocycles. The standard InChI is InChI=1S/C23H25FN2O3/c1-23(2,15-6-8-16(24)9-7-15)29-22-20(21(27)25-3)18-11-10-17(14-19(18)28-22)26-12-4-5-13-26/h6-11,14H,4-5,12-13H2,1-3H3,(H,25,27). The number of nitrogens with zero attached hydrogens (tertiary/aromatic N) is 1. The van der Waals surface area contributed by atoms with E-state index in [1.807, 2.05) is 32.0 Å². The van der Waals surface area contributed by atoms with Gasteiger partial charge in [0.1, 0.15) is 22.6 Å². The number of nitrogens with one attached hydrogen (secondary N) is 1. The molecule has 1 saturated heterocycles. The van der Waals surface area contributed by atoms with E-state index in [2.05, 4.69) is 10.2 Å². The number of anilines is 1. The zero-order valence-corrected chi connectivity index (χ0v) is 16.9. The van der Waals surface area contributed by atoms with Crippen LogP contribution in [0.5, 0.6) is 5.95 Å². The second-order valence-electron chi connectivity index (χ2n) is 7.84. The third-order valence-corrected chi connectivity index (χ3v) is 5.45. The fourth-order valence-corrected chi connectivity index (χ4v) is 3.79. The molecule has 152 valence electrons. The zero-order chi connectivity index (χ0) is 20.6. The maximum atomic E-state index is 13.3. The number of ether oxygens (including phenoxy) is 1. The summed E-state index contributed by atoms with van der Waals surface area (Å²) in [7, 11) is 1.58. The fraction of sp³-hybridized carbons (Fsp3) is 0.348. The molecule has 1 aliphatic heterocycles. The Morgan fingerprint density at radius 3 is 2.48 bits per heavy atom. The highest BCUT2D eigenvalue weighted by molar-refractivity contribution is 6.08. The summed E-state index contributed by atoms with van der Waals surface area (Å²) in [6.45, 7) is 5.76. The monoisotopic (exact) mass is 396 g/mol. The van der Waals surface area contributed by atoms with Gasteiger partial charge in [-0.3, -0.25) is 4.79 Å². The van der Waals surface area contributed by atoms with Crippen LogP contribution >= 0.6 is 0 Å². The van der Waals surface area contributed by atoms with Gasteiger partial charge in [0, 0.05) is 37.3 Å². The molecule has 0 radical (unpaired) electrons. The van der Waals surface area contributed by atoms with E-state index >= 15 is 0 Å². The first-order valence-corrected chi connectivity index (χ1v) is 9.88. The van der Waals surface area contributed by atoms with Crippen LogP contribution in [0.1, 0.15) is 42.6 Å². The van der Waals surface area contributed by atoms with Crippen molar-refractivity contribution in [3.8, 4) is 5.95 Å². The van der Waals surface area contributed by atoms with Crippen LogP contribution in [0.15, 0.2) is 46.9 Å². The van der Waals surface area contributed by atoms with E-state index in [9.17, 15) is 9.18 Å². The van der Waals surface area contributed by atoms with Gasteiger partial charge in [0.25, 0.3) is 11.9 Å². The van der Waals surface area contributed by atoms with Gasteiger partial charge in [0.05, 0.1) is 0 Å². The molecule has 5 nitrogen and oxygen atoms in total. The quantitative estimate of drug-likeness (QED) is 0.670. The predicted octanol–water partition coefficient (Wildman–Crippen LogP) is 4.85. The molecule has 1 aromatic heterocycles. The maximum absolute atomic E-state index is 13.3. The molecule has 1 aliphatic rings. The van der Waals surface area contributed by atoms with Gasteiger partial charge >= 0.3 is 0 Å².